The summed E-state index contributed by atoms with van der Waals surface area (Å²) in [5.41, 5.74) is 0.252. The zero-order valence-corrected chi connectivity index (χ0v) is 13.9. The van der Waals surface area contributed by atoms with E-state index in [-0.39, 0.29) is 5.60 Å². The Labute approximate surface area is 130 Å². The standard InChI is InChI=1S/C18H34N2O/c1-20-12-6-16(7-13-20)5-11-19-17-8-14-21-18(15-17)9-3-2-4-10-18/h16-17,19H,2-15H2,1H3. The lowest BCUT2D eigenvalue weighted by atomic mass is 9.78. The van der Waals surface area contributed by atoms with Gasteiger partial charge in [0, 0.05) is 12.6 Å². The lowest BCUT2D eigenvalue weighted by Crippen LogP contribution is -2.48. The van der Waals surface area contributed by atoms with Gasteiger partial charge in [-0.3, -0.25) is 0 Å². The summed E-state index contributed by atoms with van der Waals surface area (Å²) in [6.45, 7) is 4.79. The highest BCUT2D eigenvalue weighted by Gasteiger charge is 2.38. The maximum atomic E-state index is 6.20. The van der Waals surface area contributed by atoms with Crippen LogP contribution in [-0.2, 0) is 4.74 Å². The molecule has 2 aliphatic heterocycles. The SMILES string of the molecule is CN1CCC(CCNC2CCOC3(CCCCC3)C2)CC1. The molecule has 0 aromatic carbocycles. The fourth-order valence-corrected chi connectivity index (χ4v) is 4.59. The van der Waals surface area contributed by atoms with Crippen LogP contribution in [0, 0.1) is 5.92 Å². The molecule has 3 fully saturated rings. The molecule has 21 heavy (non-hydrogen) atoms. The van der Waals surface area contributed by atoms with Crippen molar-refractivity contribution < 1.29 is 4.74 Å². The van der Waals surface area contributed by atoms with Gasteiger partial charge in [-0.15, -0.1) is 0 Å². The van der Waals surface area contributed by atoms with Gasteiger partial charge in [0.25, 0.3) is 0 Å². The second-order valence-electron chi connectivity index (χ2n) is 7.77. The van der Waals surface area contributed by atoms with E-state index in [1.165, 1.54) is 83.8 Å². The molecule has 1 N–H and O–H groups in total. The molecule has 122 valence electrons. The molecular formula is C18H34N2O. The molecule has 0 aromatic rings. The summed E-state index contributed by atoms with van der Waals surface area (Å²) in [6, 6.07) is 0.711. The number of hydrogen-bond donors (Lipinski definition) is 1. The molecule has 3 nitrogen and oxygen atoms in total. The molecule has 2 heterocycles. The Morgan fingerprint density at radius 1 is 1.10 bits per heavy atom. The first-order valence-electron chi connectivity index (χ1n) is 9.32. The van der Waals surface area contributed by atoms with Crippen LogP contribution in [0.15, 0.2) is 0 Å². The van der Waals surface area contributed by atoms with E-state index in [1.54, 1.807) is 0 Å². The van der Waals surface area contributed by atoms with Gasteiger partial charge < -0.3 is 15.0 Å². The van der Waals surface area contributed by atoms with Gasteiger partial charge in [0.1, 0.15) is 0 Å². The first kappa shape index (κ1) is 15.8. The Bertz CT molecular complexity index is 301. The molecular weight excluding hydrogens is 260 g/mol. The average Bonchev–Trinajstić information content (AvgIpc) is 2.50. The van der Waals surface area contributed by atoms with Crippen LogP contribution in [0.1, 0.15) is 64.2 Å². The fourth-order valence-electron chi connectivity index (χ4n) is 4.59. The molecule has 1 atom stereocenters. The minimum atomic E-state index is 0.252. The molecule has 1 saturated carbocycles. The zero-order chi connectivity index (χ0) is 14.5. The molecule has 1 aliphatic carbocycles. The third-order valence-electron chi connectivity index (χ3n) is 6.08. The second-order valence-corrected chi connectivity index (χ2v) is 7.77. The Morgan fingerprint density at radius 3 is 2.62 bits per heavy atom. The molecule has 3 heteroatoms. The number of piperidine rings is 1. The lowest BCUT2D eigenvalue weighted by molar-refractivity contribution is -0.109. The van der Waals surface area contributed by atoms with Gasteiger partial charge in [0.15, 0.2) is 0 Å². The van der Waals surface area contributed by atoms with Crippen molar-refractivity contribution in [2.45, 2.75) is 75.9 Å². The first-order chi connectivity index (χ1) is 10.3. The monoisotopic (exact) mass is 294 g/mol. The molecule has 0 radical (unpaired) electrons. The maximum absolute atomic E-state index is 6.20. The van der Waals surface area contributed by atoms with E-state index in [9.17, 15) is 0 Å². The predicted octanol–water partition coefficient (Wildman–Crippen LogP) is 3.19. The van der Waals surface area contributed by atoms with Crippen molar-refractivity contribution in [2.24, 2.45) is 5.92 Å². The van der Waals surface area contributed by atoms with Crippen LogP contribution in [-0.4, -0.2) is 49.8 Å². The molecule has 0 amide bonds. The molecule has 2 saturated heterocycles. The summed E-state index contributed by atoms with van der Waals surface area (Å²) in [6.07, 6.45) is 13.4. The number of likely N-dealkylation sites (tertiary alicyclic amines) is 1. The molecule has 0 bridgehead atoms. The molecule has 1 unspecified atom stereocenters. The van der Waals surface area contributed by atoms with Gasteiger partial charge in [0.05, 0.1) is 5.60 Å². The number of ether oxygens (including phenoxy) is 1. The quantitative estimate of drug-likeness (QED) is 0.862. The number of rotatable bonds is 4. The van der Waals surface area contributed by atoms with Crippen LogP contribution >= 0.6 is 0 Å². The van der Waals surface area contributed by atoms with Gasteiger partial charge in [-0.25, -0.2) is 0 Å². The van der Waals surface area contributed by atoms with Crippen LogP contribution in [0.2, 0.25) is 0 Å². The van der Waals surface area contributed by atoms with E-state index in [1.807, 2.05) is 0 Å². The lowest BCUT2D eigenvalue weighted by Gasteiger charge is -2.44. The molecule has 3 aliphatic rings. The van der Waals surface area contributed by atoms with Crippen molar-refractivity contribution in [1.82, 2.24) is 10.2 Å². The molecule has 3 rings (SSSR count). The third kappa shape index (κ3) is 4.43. The first-order valence-corrected chi connectivity index (χ1v) is 9.32. The third-order valence-corrected chi connectivity index (χ3v) is 6.08. The van der Waals surface area contributed by atoms with Crippen molar-refractivity contribution in [3.05, 3.63) is 0 Å². The largest absolute Gasteiger partial charge is 0.375 e. The summed E-state index contributed by atoms with van der Waals surface area (Å²) in [5.74, 6) is 0.956. The maximum Gasteiger partial charge on any atom is 0.0697 e. The van der Waals surface area contributed by atoms with Gasteiger partial charge in [0.2, 0.25) is 0 Å². The number of nitrogens with zero attached hydrogens (tertiary/aromatic N) is 1. The topological polar surface area (TPSA) is 24.5 Å². The van der Waals surface area contributed by atoms with Crippen LogP contribution in [0.4, 0.5) is 0 Å². The van der Waals surface area contributed by atoms with Gasteiger partial charge >= 0.3 is 0 Å². The highest BCUT2D eigenvalue weighted by Crippen LogP contribution is 2.38. The Hall–Kier alpha value is -0.120. The van der Waals surface area contributed by atoms with Crippen molar-refractivity contribution in [1.29, 1.82) is 0 Å². The van der Waals surface area contributed by atoms with Gasteiger partial charge in [-0.2, -0.15) is 0 Å². The van der Waals surface area contributed by atoms with E-state index < -0.39 is 0 Å². The van der Waals surface area contributed by atoms with Crippen LogP contribution < -0.4 is 5.32 Å². The minimum Gasteiger partial charge on any atom is -0.375 e. The molecule has 0 aromatic heterocycles. The summed E-state index contributed by atoms with van der Waals surface area (Å²) in [7, 11) is 2.25. The van der Waals surface area contributed by atoms with Crippen molar-refractivity contribution >= 4 is 0 Å². The minimum absolute atomic E-state index is 0.252. The van der Waals surface area contributed by atoms with Crippen LogP contribution in [0.3, 0.4) is 0 Å². The summed E-state index contributed by atoms with van der Waals surface area (Å²) >= 11 is 0. The van der Waals surface area contributed by atoms with Gasteiger partial charge in [-0.05, 0) is 77.5 Å². The number of hydrogen-bond acceptors (Lipinski definition) is 3. The van der Waals surface area contributed by atoms with E-state index in [0.717, 1.165) is 12.5 Å². The fraction of sp³-hybridized carbons (Fsp3) is 1.00. The summed E-state index contributed by atoms with van der Waals surface area (Å²) in [5, 5.41) is 3.86. The van der Waals surface area contributed by atoms with Gasteiger partial charge in [-0.1, -0.05) is 19.3 Å². The normalized spacial score (nSPS) is 31.6. The van der Waals surface area contributed by atoms with E-state index in [0.29, 0.717) is 6.04 Å². The Kier molecular flexibility index (Phi) is 5.58. The van der Waals surface area contributed by atoms with Crippen molar-refractivity contribution in [3.8, 4) is 0 Å². The average molecular weight is 294 g/mol. The predicted molar refractivity (Wildman–Crippen MR) is 87.6 cm³/mol. The van der Waals surface area contributed by atoms with Crippen molar-refractivity contribution in [2.75, 3.05) is 33.3 Å². The van der Waals surface area contributed by atoms with Crippen LogP contribution in [0.5, 0.6) is 0 Å². The Morgan fingerprint density at radius 2 is 1.86 bits per heavy atom. The highest BCUT2D eigenvalue weighted by atomic mass is 16.5. The van der Waals surface area contributed by atoms with Crippen molar-refractivity contribution in [3.63, 3.8) is 0 Å². The van der Waals surface area contributed by atoms with E-state index in [4.69, 9.17) is 4.74 Å². The highest BCUT2D eigenvalue weighted by molar-refractivity contribution is 4.92. The van der Waals surface area contributed by atoms with Crippen LogP contribution in [0.25, 0.3) is 0 Å². The Balaban J connectivity index is 1.37. The van der Waals surface area contributed by atoms with E-state index in [2.05, 4.69) is 17.3 Å². The second kappa shape index (κ2) is 7.43. The summed E-state index contributed by atoms with van der Waals surface area (Å²) in [4.78, 5) is 2.47. The zero-order valence-electron chi connectivity index (χ0n) is 13.9. The summed E-state index contributed by atoms with van der Waals surface area (Å²) < 4.78 is 6.20. The molecule has 1 spiro atoms. The smallest absolute Gasteiger partial charge is 0.0697 e. The number of nitrogens with one attached hydrogen (secondary N) is 1. The van der Waals surface area contributed by atoms with E-state index >= 15 is 0 Å².